The topological polar surface area (TPSA) is 80.4 Å². The SMILES string of the molecule is CCCCCC(C(O)C/C=C\C/C=C\CCCC[C]=O)[N+](=O)[O-]. The van der Waals surface area contributed by atoms with Gasteiger partial charge in [0.15, 0.2) is 6.29 Å². The second-order valence-corrected chi connectivity index (χ2v) is 5.72. The van der Waals surface area contributed by atoms with E-state index in [1.54, 1.807) is 0 Å². The highest BCUT2D eigenvalue weighted by Gasteiger charge is 2.27. The van der Waals surface area contributed by atoms with Crippen molar-refractivity contribution in [2.45, 2.75) is 83.3 Å². The number of aliphatic hydroxyl groups excluding tert-OH is 1. The molecule has 0 fully saturated rings. The lowest BCUT2D eigenvalue weighted by atomic mass is 10.0. The van der Waals surface area contributed by atoms with Gasteiger partial charge in [-0.15, -0.1) is 0 Å². The highest BCUT2D eigenvalue weighted by atomic mass is 16.6. The number of nitrogens with zero attached hydrogens (tertiary/aromatic N) is 1. The number of allylic oxidation sites excluding steroid dienone is 3. The van der Waals surface area contributed by atoms with E-state index in [9.17, 15) is 20.0 Å². The van der Waals surface area contributed by atoms with Crippen molar-refractivity contribution in [2.75, 3.05) is 0 Å². The molecule has 1 radical (unpaired) electrons. The molecule has 0 saturated heterocycles. The summed E-state index contributed by atoms with van der Waals surface area (Å²) < 4.78 is 0. The summed E-state index contributed by atoms with van der Waals surface area (Å²) in [7, 11) is 0. The van der Waals surface area contributed by atoms with Crippen LogP contribution in [0.25, 0.3) is 0 Å². The largest absolute Gasteiger partial charge is 0.386 e. The van der Waals surface area contributed by atoms with Gasteiger partial charge in [0.05, 0.1) is 0 Å². The lowest BCUT2D eigenvalue weighted by molar-refractivity contribution is -0.535. The molecule has 0 aromatic carbocycles. The molecule has 5 heteroatoms. The Bertz CT molecular complexity index is 366. The molecule has 131 valence electrons. The van der Waals surface area contributed by atoms with Crippen LogP contribution in [-0.4, -0.2) is 28.5 Å². The minimum absolute atomic E-state index is 0.320. The molecule has 0 rings (SSSR count). The molecular weight excluding hydrogens is 294 g/mol. The zero-order chi connectivity index (χ0) is 17.3. The van der Waals surface area contributed by atoms with Crippen LogP contribution < -0.4 is 0 Å². The number of nitro groups is 1. The zero-order valence-corrected chi connectivity index (χ0v) is 14.2. The number of unbranched alkanes of at least 4 members (excludes halogenated alkanes) is 5. The maximum atomic E-state index is 11.0. The third-order valence-corrected chi connectivity index (χ3v) is 3.70. The summed E-state index contributed by atoms with van der Waals surface area (Å²) in [5, 5.41) is 21.0. The first-order valence-corrected chi connectivity index (χ1v) is 8.60. The molecule has 0 bridgehead atoms. The molecule has 0 aliphatic carbocycles. The molecule has 0 saturated carbocycles. The molecule has 0 heterocycles. The second-order valence-electron chi connectivity index (χ2n) is 5.72. The van der Waals surface area contributed by atoms with Crippen molar-refractivity contribution in [2.24, 2.45) is 0 Å². The van der Waals surface area contributed by atoms with E-state index in [2.05, 4.69) is 13.0 Å². The highest BCUT2D eigenvalue weighted by molar-refractivity contribution is 5.50. The lowest BCUT2D eigenvalue weighted by Crippen LogP contribution is -2.33. The lowest BCUT2D eigenvalue weighted by Gasteiger charge is -2.14. The van der Waals surface area contributed by atoms with Crippen molar-refractivity contribution < 1.29 is 14.8 Å². The van der Waals surface area contributed by atoms with Gasteiger partial charge >= 0.3 is 0 Å². The minimum Gasteiger partial charge on any atom is -0.386 e. The maximum absolute atomic E-state index is 11.0. The standard InChI is InChI=1S/C18H30NO4/c1-2-3-11-14-17(19(22)23)18(21)15-12-9-7-5-4-6-8-10-13-16-20/h4-5,9,12,17-18,21H,2-3,6-8,10-11,13-15H2,1H3/b5-4-,12-9-. The zero-order valence-electron chi connectivity index (χ0n) is 14.2. The van der Waals surface area contributed by atoms with Gasteiger partial charge in [0.2, 0.25) is 6.04 Å². The molecule has 0 aromatic rings. The van der Waals surface area contributed by atoms with Gasteiger partial charge in [-0.3, -0.25) is 14.9 Å². The fraction of sp³-hybridized carbons (Fsp3) is 0.722. The van der Waals surface area contributed by atoms with Gasteiger partial charge in [-0.2, -0.15) is 0 Å². The van der Waals surface area contributed by atoms with Crippen LogP contribution in [0, 0.1) is 10.1 Å². The van der Waals surface area contributed by atoms with Crippen LogP contribution in [0.4, 0.5) is 0 Å². The van der Waals surface area contributed by atoms with Crippen molar-refractivity contribution in [3.05, 3.63) is 34.4 Å². The predicted molar refractivity (Wildman–Crippen MR) is 92.6 cm³/mol. The van der Waals surface area contributed by atoms with Crippen LogP contribution in [0.1, 0.15) is 71.1 Å². The Kier molecular flexibility index (Phi) is 14.4. The Morgan fingerprint density at radius 3 is 2.52 bits per heavy atom. The van der Waals surface area contributed by atoms with Crippen molar-refractivity contribution in [3.8, 4) is 0 Å². The van der Waals surface area contributed by atoms with E-state index in [0.717, 1.165) is 44.9 Å². The van der Waals surface area contributed by atoms with Gasteiger partial charge in [0.1, 0.15) is 6.10 Å². The fourth-order valence-electron chi connectivity index (χ4n) is 2.28. The summed E-state index contributed by atoms with van der Waals surface area (Å²) in [6.07, 6.45) is 16.4. The molecule has 2 atom stereocenters. The summed E-state index contributed by atoms with van der Waals surface area (Å²) in [5.41, 5.74) is 0. The van der Waals surface area contributed by atoms with E-state index in [0.29, 0.717) is 19.3 Å². The van der Waals surface area contributed by atoms with Gasteiger partial charge in [-0.1, -0.05) is 44.1 Å². The van der Waals surface area contributed by atoms with Gasteiger partial charge in [0, 0.05) is 17.8 Å². The molecule has 23 heavy (non-hydrogen) atoms. The Morgan fingerprint density at radius 2 is 1.87 bits per heavy atom. The molecule has 2 unspecified atom stereocenters. The Morgan fingerprint density at radius 1 is 1.13 bits per heavy atom. The number of aliphatic hydroxyl groups is 1. The third-order valence-electron chi connectivity index (χ3n) is 3.70. The van der Waals surface area contributed by atoms with Crippen molar-refractivity contribution in [1.29, 1.82) is 0 Å². The van der Waals surface area contributed by atoms with Crippen molar-refractivity contribution in [3.63, 3.8) is 0 Å². The Balaban J connectivity index is 3.90. The van der Waals surface area contributed by atoms with E-state index < -0.39 is 12.1 Å². The van der Waals surface area contributed by atoms with E-state index in [1.807, 2.05) is 24.5 Å². The van der Waals surface area contributed by atoms with Crippen molar-refractivity contribution in [1.82, 2.24) is 0 Å². The van der Waals surface area contributed by atoms with Crippen LogP contribution in [-0.2, 0) is 4.79 Å². The quantitative estimate of drug-likeness (QED) is 0.212. The average molecular weight is 324 g/mol. The van der Waals surface area contributed by atoms with Crippen molar-refractivity contribution >= 4 is 6.29 Å². The summed E-state index contributed by atoms with van der Waals surface area (Å²) in [5.74, 6) is 0. The number of hydrogen-bond donors (Lipinski definition) is 1. The molecule has 0 aliphatic heterocycles. The molecule has 0 spiro atoms. The third kappa shape index (κ3) is 12.7. The average Bonchev–Trinajstić information content (AvgIpc) is 2.52. The van der Waals surface area contributed by atoms with Gasteiger partial charge in [-0.25, -0.2) is 0 Å². The molecular formula is C18H30NO4. The molecule has 1 N–H and O–H groups in total. The first-order valence-electron chi connectivity index (χ1n) is 8.60. The number of carbonyl (C=O) groups excluding carboxylic acids is 1. The maximum Gasteiger partial charge on any atom is 0.238 e. The normalized spacial score (nSPS) is 14.3. The molecule has 5 nitrogen and oxygen atoms in total. The Labute approximate surface area is 139 Å². The second kappa shape index (κ2) is 15.4. The first kappa shape index (κ1) is 21.5. The summed E-state index contributed by atoms with van der Waals surface area (Å²) in [4.78, 5) is 20.7. The van der Waals surface area contributed by atoms with E-state index >= 15 is 0 Å². The Hall–Kier alpha value is -1.49. The number of hydrogen-bond acceptors (Lipinski definition) is 4. The summed E-state index contributed by atoms with van der Waals surface area (Å²) in [6.45, 7) is 2.05. The highest BCUT2D eigenvalue weighted by Crippen LogP contribution is 2.13. The molecule has 0 aromatic heterocycles. The van der Waals surface area contributed by atoms with Crippen LogP contribution in [0.15, 0.2) is 24.3 Å². The summed E-state index contributed by atoms with van der Waals surface area (Å²) >= 11 is 0. The van der Waals surface area contributed by atoms with Crippen LogP contribution in [0.3, 0.4) is 0 Å². The first-order chi connectivity index (χ1) is 11.1. The smallest absolute Gasteiger partial charge is 0.238 e. The van der Waals surface area contributed by atoms with Crippen LogP contribution in [0.2, 0.25) is 0 Å². The van der Waals surface area contributed by atoms with E-state index in [4.69, 9.17) is 0 Å². The van der Waals surface area contributed by atoms with E-state index in [-0.39, 0.29) is 4.92 Å². The molecule has 0 amide bonds. The van der Waals surface area contributed by atoms with Gasteiger partial charge < -0.3 is 5.11 Å². The minimum atomic E-state index is -0.915. The monoisotopic (exact) mass is 324 g/mol. The molecule has 0 aliphatic rings. The van der Waals surface area contributed by atoms with Gasteiger partial charge in [-0.05, 0) is 38.5 Å². The summed E-state index contributed by atoms with van der Waals surface area (Å²) in [6, 6.07) is -0.864. The van der Waals surface area contributed by atoms with Gasteiger partial charge in [0.25, 0.3) is 0 Å². The van der Waals surface area contributed by atoms with E-state index in [1.165, 1.54) is 0 Å². The van der Waals surface area contributed by atoms with Crippen LogP contribution in [0.5, 0.6) is 0 Å². The number of rotatable bonds is 15. The fourth-order valence-corrected chi connectivity index (χ4v) is 2.28. The predicted octanol–water partition coefficient (Wildman–Crippen LogP) is 4.14. The van der Waals surface area contributed by atoms with Crippen LogP contribution >= 0.6 is 0 Å².